The third-order valence-corrected chi connectivity index (χ3v) is 4.67. The van der Waals surface area contributed by atoms with Crippen LogP contribution in [0.4, 0.5) is 0 Å². The molecule has 2 aromatic carbocycles. The average molecular weight is 351 g/mol. The topological polar surface area (TPSA) is 75.4 Å². The Hall–Kier alpha value is -2.66. The third-order valence-electron chi connectivity index (χ3n) is 4.67. The van der Waals surface area contributed by atoms with Crippen LogP contribution in [0.15, 0.2) is 54.6 Å². The number of benzene rings is 2. The van der Waals surface area contributed by atoms with Gasteiger partial charge in [0.05, 0.1) is 6.04 Å². The fraction of sp³-hybridized carbons (Fsp3) is 0.333. The summed E-state index contributed by atoms with van der Waals surface area (Å²) >= 11 is 0. The van der Waals surface area contributed by atoms with Crippen LogP contribution in [-0.2, 0) is 29.1 Å². The molecule has 1 aliphatic heterocycles. The number of hydrogen-bond donors (Lipinski definition) is 2. The Labute approximate surface area is 154 Å². The summed E-state index contributed by atoms with van der Waals surface area (Å²) in [6.45, 7) is 1.95. The Kier molecular flexibility index (Phi) is 6.02. The maximum Gasteiger partial charge on any atom is 0.237 e. The first-order valence-electron chi connectivity index (χ1n) is 9.04. The fourth-order valence-electron chi connectivity index (χ4n) is 3.14. The molecule has 136 valence electrons. The van der Waals surface area contributed by atoms with Crippen LogP contribution >= 0.6 is 0 Å². The van der Waals surface area contributed by atoms with Crippen molar-refractivity contribution in [1.29, 1.82) is 0 Å². The highest BCUT2D eigenvalue weighted by molar-refractivity contribution is 5.81. The Bertz CT molecular complexity index is 744. The van der Waals surface area contributed by atoms with E-state index < -0.39 is 6.04 Å². The van der Waals surface area contributed by atoms with Crippen LogP contribution in [0, 0.1) is 0 Å². The van der Waals surface area contributed by atoms with Crippen LogP contribution in [-0.4, -0.2) is 29.3 Å². The molecule has 5 heteroatoms. The van der Waals surface area contributed by atoms with E-state index in [1.165, 1.54) is 0 Å². The summed E-state index contributed by atoms with van der Waals surface area (Å²) in [7, 11) is 0. The van der Waals surface area contributed by atoms with Crippen LogP contribution in [0.25, 0.3) is 0 Å². The van der Waals surface area contributed by atoms with E-state index in [0.717, 1.165) is 29.7 Å². The second-order valence-electron chi connectivity index (χ2n) is 6.75. The van der Waals surface area contributed by atoms with Gasteiger partial charge < -0.3 is 16.0 Å². The second kappa shape index (κ2) is 8.63. The predicted molar refractivity (Wildman–Crippen MR) is 101 cm³/mol. The van der Waals surface area contributed by atoms with Crippen molar-refractivity contribution in [2.75, 3.05) is 6.54 Å². The van der Waals surface area contributed by atoms with E-state index in [-0.39, 0.29) is 11.8 Å². The number of carbonyl (C=O) groups excluding carboxylic acids is 2. The number of nitrogens with one attached hydrogen (secondary N) is 1. The summed E-state index contributed by atoms with van der Waals surface area (Å²) < 4.78 is 0. The van der Waals surface area contributed by atoms with Gasteiger partial charge in [0.25, 0.3) is 0 Å². The van der Waals surface area contributed by atoms with Crippen LogP contribution in [0.1, 0.15) is 29.5 Å². The monoisotopic (exact) mass is 351 g/mol. The highest BCUT2D eigenvalue weighted by atomic mass is 16.2. The molecule has 26 heavy (non-hydrogen) atoms. The van der Waals surface area contributed by atoms with Gasteiger partial charge in [0.15, 0.2) is 0 Å². The minimum absolute atomic E-state index is 0.152. The van der Waals surface area contributed by atoms with Gasteiger partial charge in [-0.25, -0.2) is 0 Å². The number of rotatable bonds is 7. The molecule has 0 spiro atoms. The van der Waals surface area contributed by atoms with Crippen molar-refractivity contribution < 1.29 is 9.59 Å². The van der Waals surface area contributed by atoms with E-state index in [4.69, 9.17) is 5.73 Å². The van der Waals surface area contributed by atoms with Crippen molar-refractivity contribution in [3.8, 4) is 0 Å². The first-order valence-corrected chi connectivity index (χ1v) is 9.04. The summed E-state index contributed by atoms with van der Waals surface area (Å²) in [5.41, 5.74) is 9.17. The van der Waals surface area contributed by atoms with Gasteiger partial charge in [-0.3, -0.25) is 9.59 Å². The van der Waals surface area contributed by atoms with Gasteiger partial charge in [-0.1, -0.05) is 54.6 Å². The molecule has 0 aliphatic carbocycles. The lowest BCUT2D eigenvalue weighted by atomic mass is 10.1. The standard InChI is InChI=1S/C21H25N3O2/c22-19(13-16-5-2-1-3-6-16)21(26)23-14-17-8-10-18(11-9-17)15-24-12-4-7-20(24)25/h1-3,5-6,8-11,19H,4,7,12-15,22H2,(H,23,26)/t19-/m0/s1. The average Bonchev–Trinajstić information content (AvgIpc) is 3.06. The van der Waals surface area contributed by atoms with E-state index >= 15 is 0 Å². The smallest absolute Gasteiger partial charge is 0.237 e. The molecule has 5 nitrogen and oxygen atoms in total. The van der Waals surface area contributed by atoms with Crippen LogP contribution in [0.2, 0.25) is 0 Å². The Balaban J connectivity index is 1.46. The molecule has 1 saturated heterocycles. The fourth-order valence-corrected chi connectivity index (χ4v) is 3.14. The van der Waals surface area contributed by atoms with Gasteiger partial charge >= 0.3 is 0 Å². The molecule has 1 fully saturated rings. The van der Waals surface area contributed by atoms with Crippen molar-refractivity contribution >= 4 is 11.8 Å². The lowest BCUT2D eigenvalue weighted by Crippen LogP contribution is -2.41. The Morgan fingerprint density at radius 2 is 1.73 bits per heavy atom. The maximum atomic E-state index is 12.2. The number of nitrogens with zero attached hydrogens (tertiary/aromatic N) is 1. The molecule has 1 heterocycles. The zero-order valence-corrected chi connectivity index (χ0v) is 14.9. The highest BCUT2D eigenvalue weighted by Crippen LogP contribution is 2.14. The van der Waals surface area contributed by atoms with E-state index in [1.807, 2.05) is 59.5 Å². The Morgan fingerprint density at radius 3 is 2.38 bits per heavy atom. The van der Waals surface area contributed by atoms with E-state index in [1.54, 1.807) is 0 Å². The lowest BCUT2D eigenvalue weighted by molar-refractivity contribution is -0.128. The first kappa shape index (κ1) is 18.1. The van der Waals surface area contributed by atoms with E-state index in [2.05, 4.69) is 5.32 Å². The van der Waals surface area contributed by atoms with Crippen LogP contribution in [0.5, 0.6) is 0 Å². The Morgan fingerprint density at radius 1 is 1.04 bits per heavy atom. The van der Waals surface area contributed by atoms with E-state index in [0.29, 0.717) is 25.9 Å². The maximum absolute atomic E-state index is 12.2. The summed E-state index contributed by atoms with van der Waals surface area (Å²) in [6, 6.07) is 17.2. The largest absolute Gasteiger partial charge is 0.351 e. The number of amides is 2. The van der Waals surface area contributed by atoms with Crippen molar-refractivity contribution in [2.45, 2.75) is 38.4 Å². The predicted octanol–water partition coefficient (Wildman–Crippen LogP) is 2.00. The molecule has 3 rings (SSSR count). The third kappa shape index (κ3) is 4.92. The summed E-state index contributed by atoms with van der Waals surface area (Å²) in [5, 5.41) is 2.89. The number of hydrogen-bond acceptors (Lipinski definition) is 3. The molecular formula is C21H25N3O2. The van der Waals surface area contributed by atoms with Gasteiger partial charge in [0.1, 0.15) is 0 Å². The van der Waals surface area contributed by atoms with Gasteiger partial charge in [0, 0.05) is 26.1 Å². The number of nitrogens with two attached hydrogens (primary N) is 1. The zero-order chi connectivity index (χ0) is 18.4. The molecule has 0 saturated carbocycles. The van der Waals surface area contributed by atoms with Crippen molar-refractivity contribution in [1.82, 2.24) is 10.2 Å². The molecule has 1 aliphatic rings. The second-order valence-corrected chi connectivity index (χ2v) is 6.75. The van der Waals surface area contributed by atoms with Crippen LogP contribution < -0.4 is 11.1 Å². The van der Waals surface area contributed by atoms with Crippen molar-refractivity contribution in [2.24, 2.45) is 5.73 Å². The normalized spacial score (nSPS) is 15.1. The molecule has 0 radical (unpaired) electrons. The molecule has 0 aromatic heterocycles. The SMILES string of the molecule is N[C@@H](Cc1ccccc1)C(=O)NCc1ccc(CN2CCCC2=O)cc1. The minimum Gasteiger partial charge on any atom is -0.351 e. The van der Waals surface area contributed by atoms with Gasteiger partial charge in [-0.15, -0.1) is 0 Å². The molecule has 0 bridgehead atoms. The summed E-state index contributed by atoms with van der Waals surface area (Å²) in [6.07, 6.45) is 2.13. The quantitative estimate of drug-likeness (QED) is 0.801. The highest BCUT2D eigenvalue weighted by Gasteiger charge is 2.19. The molecule has 1 atom stereocenters. The van der Waals surface area contributed by atoms with Gasteiger partial charge in [-0.05, 0) is 29.5 Å². The lowest BCUT2D eigenvalue weighted by Gasteiger charge is -2.16. The number of likely N-dealkylation sites (tertiary alicyclic amines) is 1. The summed E-state index contributed by atoms with van der Waals surface area (Å²) in [4.78, 5) is 25.7. The molecular weight excluding hydrogens is 326 g/mol. The molecule has 2 aromatic rings. The van der Waals surface area contributed by atoms with Crippen molar-refractivity contribution in [3.63, 3.8) is 0 Å². The first-order chi connectivity index (χ1) is 12.6. The van der Waals surface area contributed by atoms with Crippen molar-refractivity contribution in [3.05, 3.63) is 71.3 Å². The molecule has 2 amide bonds. The van der Waals surface area contributed by atoms with Gasteiger partial charge in [-0.2, -0.15) is 0 Å². The van der Waals surface area contributed by atoms with Crippen LogP contribution in [0.3, 0.4) is 0 Å². The molecule has 0 unspecified atom stereocenters. The molecule has 3 N–H and O–H groups in total. The number of carbonyl (C=O) groups is 2. The van der Waals surface area contributed by atoms with E-state index in [9.17, 15) is 9.59 Å². The summed E-state index contributed by atoms with van der Waals surface area (Å²) in [5.74, 6) is 0.0781. The van der Waals surface area contributed by atoms with Gasteiger partial charge in [0.2, 0.25) is 11.8 Å². The zero-order valence-electron chi connectivity index (χ0n) is 14.9. The minimum atomic E-state index is -0.558.